The molecule has 0 amide bonds. The van der Waals surface area contributed by atoms with Gasteiger partial charge in [0.25, 0.3) is 0 Å². The molecule has 6 heteroatoms. The summed E-state index contributed by atoms with van der Waals surface area (Å²) in [5, 5.41) is 0. The van der Waals surface area contributed by atoms with Gasteiger partial charge in [-0.1, -0.05) is 0 Å². The van der Waals surface area contributed by atoms with E-state index >= 15 is 0 Å². The number of halogens is 2. The minimum absolute atomic E-state index is 0.0653. The largest absolute Gasteiger partial charge is 0.496 e. The number of thiophene rings is 1. The van der Waals surface area contributed by atoms with E-state index in [0.29, 0.717) is 0 Å². The third kappa shape index (κ3) is 2.45. The first kappa shape index (κ1) is 11.6. The van der Waals surface area contributed by atoms with E-state index in [1.165, 1.54) is 0 Å². The average Bonchev–Trinajstić information content (AvgIpc) is 2.79. The van der Waals surface area contributed by atoms with Crippen LogP contribution in [0.25, 0.3) is 0 Å². The van der Waals surface area contributed by atoms with Gasteiger partial charge in [-0.2, -0.15) is 0 Å². The molecule has 0 aromatic carbocycles. The monoisotopic (exact) mass is 352 g/mol. The number of hydrogen-bond donors (Lipinski definition) is 2. The molecule has 0 spiro atoms. The maximum atomic E-state index is 5.56. The van der Waals surface area contributed by atoms with Crippen LogP contribution in [0.3, 0.4) is 0 Å². The van der Waals surface area contributed by atoms with E-state index in [1.807, 2.05) is 6.07 Å². The van der Waals surface area contributed by atoms with Gasteiger partial charge in [0.05, 0.1) is 14.2 Å². The molecule has 15 heavy (non-hydrogen) atoms. The van der Waals surface area contributed by atoms with Gasteiger partial charge in [0.1, 0.15) is 11.8 Å². The van der Waals surface area contributed by atoms with Crippen LogP contribution in [0.5, 0.6) is 0 Å². The Hall–Kier alpha value is 0.120. The summed E-state index contributed by atoms with van der Waals surface area (Å²) in [6.07, 6.45) is 3.03. The van der Waals surface area contributed by atoms with Gasteiger partial charge >= 0.3 is 0 Å². The van der Waals surface area contributed by atoms with Crippen LogP contribution in [-0.2, 0) is 4.74 Å². The van der Waals surface area contributed by atoms with Crippen LogP contribution in [0.15, 0.2) is 25.5 Å². The summed E-state index contributed by atoms with van der Waals surface area (Å²) in [4.78, 5) is 0. The second-order valence-corrected chi connectivity index (χ2v) is 6.87. The van der Waals surface area contributed by atoms with Crippen molar-refractivity contribution < 1.29 is 4.74 Å². The Kier molecular flexibility index (Phi) is 3.84. The summed E-state index contributed by atoms with van der Waals surface area (Å²) in [6, 6.07) is 1.98. The van der Waals surface area contributed by atoms with E-state index in [0.717, 1.165) is 31.9 Å². The lowest BCUT2D eigenvalue weighted by atomic mass is 10.1. The lowest BCUT2D eigenvalue weighted by Gasteiger charge is -2.16. The van der Waals surface area contributed by atoms with E-state index in [-0.39, 0.29) is 6.04 Å². The Bertz CT molecular complexity index is 391. The van der Waals surface area contributed by atoms with Crippen molar-refractivity contribution in [2.75, 3.05) is 6.61 Å². The van der Waals surface area contributed by atoms with E-state index in [4.69, 9.17) is 10.6 Å². The van der Waals surface area contributed by atoms with Crippen molar-refractivity contribution in [2.24, 2.45) is 5.84 Å². The predicted octanol–water partition coefficient (Wildman–Crippen LogP) is 3.08. The maximum absolute atomic E-state index is 5.56. The fraction of sp³-hybridized carbons (Fsp3) is 0.333. The van der Waals surface area contributed by atoms with Crippen LogP contribution in [0.2, 0.25) is 0 Å². The zero-order chi connectivity index (χ0) is 10.8. The summed E-state index contributed by atoms with van der Waals surface area (Å²) in [5.74, 6) is 6.47. The first-order valence-corrected chi connectivity index (χ1v) is 6.86. The maximum Gasteiger partial charge on any atom is 0.115 e. The standard InChI is InChI=1S/C9H10Br2N2OS/c10-7-4-5(9(11)15-7)8(13-12)6-2-1-3-14-6/h2,4,8,13H,1,3,12H2. The smallest absolute Gasteiger partial charge is 0.115 e. The van der Waals surface area contributed by atoms with E-state index in [1.54, 1.807) is 11.3 Å². The Morgan fingerprint density at radius 2 is 2.33 bits per heavy atom. The third-order valence-electron chi connectivity index (χ3n) is 2.18. The van der Waals surface area contributed by atoms with Gasteiger partial charge in [-0.25, -0.2) is 5.43 Å². The van der Waals surface area contributed by atoms with Crippen molar-refractivity contribution in [2.45, 2.75) is 12.5 Å². The fourth-order valence-corrected chi connectivity index (χ4v) is 4.42. The molecular weight excluding hydrogens is 344 g/mol. The summed E-state index contributed by atoms with van der Waals surface area (Å²) in [6.45, 7) is 0.746. The van der Waals surface area contributed by atoms with Crippen molar-refractivity contribution in [1.82, 2.24) is 5.43 Å². The SMILES string of the molecule is NNC(C1=CCCO1)c1cc(Br)sc1Br. The molecule has 82 valence electrons. The molecule has 0 saturated heterocycles. The van der Waals surface area contributed by atoms with Gasteiger partial charge < -0.3 is 4.74 Å². The normalized spacial score (nSPS) is 17.4. The average molecular weight is 354 g/mol. The minimum atomic E-state index is -0.0653. The summed E-state index contributed by atoms with van der Waals surface area (Å²) < 4.78 is 7.65. The molecule has 0 saturated carbocycles. The second-order valence-electron chi connectivity index (χ2n) is 3.12. The molecule has 1 aliphatic rings. The molecule has 3 nitrogen and oxygen atoms in total. The van der Waals surface area contributed by atoms with Gasteiger partial charge in [0.2, 0.25) is 0 Å². The summed E-state index contributed by atoms with van der Waals surface area (Å²) in [5.41, 5.74) is 3.88. The van der Waals surface area contributed by atoms with E-state index in [9.17, 15) is 0 Å². The second kappa shape index (κ2) is 4.97. The lowest BCUT2D eigenvalue weighted by molar-refractivity contribution is 0.215. The molecule has 0 fully saturated rings. The zero-order valence-electron chi connectivity index (χ0n) is 7.80. The highest BCUT2D eigenvalue weighted by atomic mass is 79.9. The van der Waals surface area contributed by atoms with Gasteiger partial charge in [-0.05, 0) is 44.0 Å². The Balaban J connectivity index is 2.29. The quantitative estimate of drug-likeness (QED) is 0.648. The summed E-state index contributed by atoms with van der Waals surface area (Å²) in [7, 11) is 0. The molecule has 1 aromatic heterocycles. The van der Waals surface area contributed by atoms with Crippen LogP contribution < -0.4 is 11.3 Å². The fourth-order valence-electron chi connectivity index (χ4n) is 1.51. The van der Waals surface area contributed by atoms with Gasteiger partial charge in [-0.3, -0.25) is 5.84 Å². The molecule has 2 rings (SSSR count). The number of hydrogen-bond acceptors (Lipinski definition) is 4. The van der Waals surface area contributed by atoms with Gasteiger partial charge in [-0.15, -0.1) is 11.3 Å². The molecule has 1 atom stereocenters. The summed E-state index contributed by atoms with van der Waals surface area (Å²) >= 11 is 8.59. The predicted molar refractivity (Wildman–Crippen MR) is 68.4 cm³/mol. The van der Waals surface area contributed by atoms with Crippen LogP contribution in [0.4, 0.5) is 0 Å². The third-order valence-corrected chi connectivity index (χ3v) is 4.56. The van der Waals surface area contributed by atoms with Crippen LogP contribution in [-0.4, -0.2) is 6.61 Å². The highest BCUT2D eigenvalue weighted by Crippen LogP contribution is 2.38. The highest BCUT2D eigenvalue weighted by molar-refractivity contribution is 9.12. The molecule has 0 bridgehead atoms. The van der Waals surface area contributed by atoms with Crippen molar-refractivity contribution in [3.8, 4) is 0 Å². The molecule has 2 heterocycles. The van der Waals surface area contributed by atoms with Crippen molar-refractivity contribution >= 4 is 43.2 Å². The van der Waals surface area contributed by atoms with Crippen LogP contribution in [0.1, 0.15) is 18.0 Å². The minimum Gasteiger partial charge on any atom is -0.496 e. The van der Waals surface area contributed by atoms with Crippen molar-refractivity contribution in [3.05, 3.63) is 31.0 Å². The highest BCUT2D eigenvalue weighted by Gasteiger charge is 2.23. The lowest BCUT2D eigenvalue weighted by Crippen LogP contribution is -2.29. The number of rotatable bonds is 3. The van der Waals surface area contributed by atoms with Crippen molar-refractivity contribution in [3.63, 3.8) is 0 Å². The van der Waals surface area contributed by atoms with E-state index < -0.39 is 0 Å². The topological polar surface area (TPSA) is 47.3 Å². The van der Waals surface area contributed by atoms with Crippen molar-refractivity contribution in [1.29, 1.82) is 0 Å². The molecule has 1 aliphatic heterocycles. The molecule has 3 N–H and O–H groups in total. The van der Waals surface area contributed by atoms with Gasteiger partial charge in [0.15, 0.2) is 0 Å². The first-order valence-electron chi connectivity index (χ1n) is 4.46. The molecule has 1 unspecified atom stereocenters. The Morgan fingerprint density at radius 3 is 2.80 bits per heavy atom. The zero-order valence-corrected chi connectivity index (χ0v) is 11.8. The van der Waals surface area contributed by atoms with E-state index in [2.05, 4.69) is 43.4 Å². The number of hydrazine groups is 1. The van der Waals surface area contributed by atoms with Crippen LogP contribution >= 0.6 is 43.2 Å². The number of nitrogens with one attached hydrogen (secondary N) is 1. The van der Waals surface area contributed by atoms with Crippen LogP contribution in [0, 0.1) is 0 Å². The molecule has 0 aliphatic carbocycles. The molecular formula is C9H10Br2N2OS. The Labute approximate surface area is 109 Å². The molecule has 0 radical (unpaired) electrons. The number of nitrogens with two attached hydrogens (primary N) is 1. The Morgan fingerprint density at radius 1 is 1.53 bits per heavy atom. The van der Waals surface area contributed by atoms with Gasteiger partial charge in [0, 0.05) is 12.0 Å². The molecule has 1 aromatic rings. The first-order chi connectivity index (χ1) is 7.22. The number of ether oxygens (including phenoxy) is 1.